The number of ether oxygens (including phenoxy) is 1. The average Bonchev–Trinajstić information content (AvgIpc) is 3.34. The SMILES string of the molecule is COC(=O)c1ccsc1NC(=O)c1ccc2noc(-c3ccccc3)c2c1. The van der Waals surface area contributed by atoms with Gasteiger partial charge in [-0.1, -0.05) is 35.5 Å². The van der Waals surface area contributed by atoms with Gasteiger partial charge in [0.1, 0.15) is 10.5 Å². The number of amides is 1. The Bertz CT molecular complexity index is 1130. The Kier molecular flexibility index (Phi) is 4.43. The van der Waals surface area contributed by atoms with Crippen LogP contribution < -0.4 is 5.32 Å². The molecule has 134 valence electrons. The highest BCUT2D eigenvalue weighted by molar-refractivity contribution is 7.14. The van der Waals surface area contributed by atoms with Crippen LogP contribution in [0.3, 0.4) is 0 Å². The minimum atomic E-state index is -0.493. The van der Waals surface area contributed by atoms with Crippen molar-refractivity contribution in [1.82, 2.24) is 5.16 Å². The number of hydrogen-bond acceptors (Lipinski definition) is 6. The molecular formula is C20H14N2O4S. The molecule has 0 atom stereocenters. The normalized spacial score (nSPS) is 10.7. The fourth-order valence-corrected chi connectivity index (χ4v) is 3.50. The minimum Gasteiger partial charge on any atom is -0.465 e. The standard InChI is InChI=1S/C20H14N2O4S/c1-25-20(24)14-9-10-27-19(14)21-18(23)13-7-8-16-15(11-13)17(26-22-16)12-5-3-2-4-6-12/h2-11H,1H3,(H,21,23). The average molecular weight is 378 g/mol. The number of carbonyl (C=O) groups is 2. The predicted molar refractivity (Wildman–Crippen MR) is 103 cm³/mol. The van der Waals surface area contributed by atoms with Crippen molar-refractivity contribution in [2.75, 3.05) is 12.4 Å². The molecule has 0 aliphatic heterocycles. The number of esters is 1. The molecule has 0 unspecified atom stereocenters. The summed E-state index contributed by atoms with van der Waals surface area (Å²) in [6.45, 7) is 0. The Hall–Kier alpha value is -3.45. The van der Waals surface area contributed by atoms with Crippen molar-refractivity contribution in [2.45, 2.75) is 0 Å². The number of benzene rings is 2. The van der Waals surface area contributed by atoms with Crippen LogP contribution in [0, 0.1) is 0 Å². The van der Waals surface area contributed by atoms with Gasteiger partial charge in [-0.05, 0) is 29.6 Å². The van der Waals surface area contributed by atoms with Crippen molar-refractivity contribution < 1.29 is 18.8 Å². The summed E-state index contributed by atoms with van der Waals surface area (Å²) in [4.78, 5) is 24.4. The van der Waals surface area contributed by atoms with Gasteiger partial charge in [-0.2, -0.15) is 0 Å². The van der Waals surface area contributed by atoms with Crippen LogP contribution in [0.15, 0.2) is 64.5 Å². The van der Waals surface area contributed by atoms with E-state index in [1.165, 1.54) is 18.4 Å². The molecule has 1 N–H and O–H groups in total. The number of fused-ring (bicyclic) bond motifs is 1. The van der Waals surface area contributed by atoms with Crippen LogP contribution in [0.5, 0.6) is 0 Å². The largest absolute Gasteiger partial charge is 0.465 e. The fraction of sp³-hybridized carbons (Fsp3) is 0.0500. The van der Waals surface area contributed by atoms with E-state index >= 15 is 0 Å². The first kappa shape index (κ1) is 17.0. The molecule has 2 aromatic carbocycles. The number of anilines is 1. The lowest BCUT2D eigenvalue weighted by molar-refractivity contribution is 0.0602. The van der Waals surface area contributed by atoms with E-state index in [0.717, 1.165) is 10.9 Å². The predicted octanol–water partition coefficient (Wildman–Crippen LogP) is 4.60. The van der Waals surface area contributed by atoms with E-state index in [9.17, 15) is 9.59 Å². The van der Waals surface area contributed by atoms with Gasteiger partial charge in [0.2, 0.25) is 0 Å². The van der Waals surface area contributed by atoms with E-state index in [4.69, 9.17) is 9.26 Å². The lowest BCUT2D eigenvalue weighted by atomic mass is 10.1. The number of methoxy groups -OCH3 is 1. The molecule has 7 heteroatoms. The zero-order valence-corrected chi connectivity index (χ0v) is 15.1. The van der Waals surface area contributed by atoms with Gasteiger partial charge >= 0.3 is 5.97 Å². The van der Waals surface area contributed by atoms with Gasteiger partial charge in [0.15, 0.2) is 5.76 Å². The van der Waals surface area contributed by atoms with E-state index < -0.39 is 5.97 Å². The van der Waals surface area contributed by atoms with E-state index in [-0.39, 0.29) is 5.91 Å². The molecule has 0 saturated heterocycles. The van der Waals surface area contributed by atoms with Gasteiger partial charge in [0, 0.05) is 11.1 Å². The maximum atomic E-state index is 12.7. The molecule has 4 aromatic rings. The van der Waals surface area contributed by atoms with Gasteiger partial charge in [-0.15, -0.1) is 11.3 Å². The van der Waals surface area contributed by atoms with Crippen LogP contribution >= 0.6 is 11.3 Å². The Labute approximate surface area is 158 Å². The molecule has 0 spiro atoms. The highest BCUT2D eigenvalue weighted by Crippen LogP contribution is 2.30. The first-order chi connectivity index (χ1) is 13.2. The number of rotatable bonds is 4. The molecule has 0 bridgehead atoms. The summed E-state index contributed by atoms with van der Waals surface area (Å²) >= 11 is 1.26. The van der Waals surface area contributed by atoms with Crippen LogP contribution in [0.2, 0.25) is 0 Å². The van der Waals surface area contributed by atoms with Gasteiger partial charge in [-0.25, -0.2) is 4.79 Å². The molecule has 6 nitrogen and oxygen atoms in total. The van der Waals surface area contributed by atoms with Crippen molar-refractivity contribution in [1.29, 1.82) is 0 Å². The third-order valence-electron chi connectivity index (χ3n) is 4.07. The Morgan fingerprint density at radius 2 is 1.93 bits per heavy atom. The quantitative estimate of drug-likeness (QED) is 0.525. The smallest absolute Gasteiger partial charge is 0.340 e. The van der Waals surface area contributed by atoms with E-state index in [1.54, 1.807) is 29.6 Å². The van der Waals surface area contributed by atoms with Gasteiger partial charge in [0.25, 0.3) is 5.91 Å². The molecule has 0 saturated carbocycles. The summed E-state index contributed by atoms with van der Waals surface area (Å²) < 4.78 is 10.2. The molecular weight excluding hydrogens is 364 g/mol. The topological polar surface area (TPSA) is 81.4 Å². The Morgan fingerprint density at radius 3 is 2.70 bits per heavy atom. The summed E-state index contributed by atoms with van der Waals surface area (Å²) in [5.41, 5.74) is 2.31. The second-order valence-electron chi connectivity index (χ2n) is 5.72. The van der Waals surface area contributed by atoms with Gasteiger partial charge in [-0.3, -0.25) is 4.79 Å². The molecule has 0 aliphatic rings. The zero-order chi connectivity index (χ0) is 18.8. The Balaban J connectivity index is 1.67. The summed E-state index contributed by atoms with van der Waals surface area (Å²) in [6, 6.07) is 16.3. The molecule has 0 radical (unpaired) electrons. The van der Waals surface area contributed by atoms with Crippen molar-refractivity contribution in [3.8, 4) is 11.3 Å². The van der Waals surface area contributed by atoms with Gasteiger partial charge < -0.3 is 14.6 Å². The number of thiophene rings is 1. The van der Waals surface area contributed by atoms with Crippen LogP contribution in [0.4, 0.5) is 5.00 Å². The van der Waals surface area contributed by atoms with E-state index in [2.05, 4.69) is 10.5 Å². The summed E-state index contributed by atoms with van der Waals surface area (Å²) in [7, 11) is 1.30. The molecule has 27 heavy (non-hydrogen) atoms. The third kappa shape index (κ3) is 3.20. The summed E-state index contributed by atoms with van der Waals surface area (Å²) in [5, 5.41) is 9.73. The lowest BCUT2D eigenvalue weighted by Crippen LogP contribution is -2.13. The zero-order valence-electron chi connectivity index (χ0n) is 14.3. The van der Waals surface area contributed by atoms with Crippen molar-refractivity contribution in [2.24, 2.45) is 0 Å². The summed E-state index contributed by atoms with van der Waals surface area (Å²) in [5.74, 6) is -0.219. The van der Waals surface area contributed by atoms with Crippen LogP contribution in [0.1, 0.15) is 20.7 Å². The highest BCUT2D eigenvalue weighted by atomic mass is 32.1. The third-order valence-corrected chi connectivity index (χ3v) is 4.90. The maximum Gasteiger partial charge on any atom is 0.340 e. The van der Waals surface area contributed by atoms with Crippen LogP contribution in [-0.4, -0.2) is 24.1 Å². The molecule has 2 aromatic heterocycles. The van der Waals surface area contributed by atoms with E-state index in [1.807, 2.05) is 30.3 Å². The molecule has 0 fully saturated rings. The molecule has 4 rings (SSSR count). The first-order valence-corrected chi connectivity index (χ1v) is 8.97. The number of carbonyl (C=O) groups excluding carboxylic acids is 2. The van der Waals surface area contributed by atoms with Crippen molar-refractivity contribution >= 4 is 39.1 Å². The lowest BCUT2D eigenvalue weighted by Gasteiger charge is -2.05. The van der Waals surface area contributed by atoms with E-state index in [0.29, 0.717) is 27.4 Å². The van der Waals surface area contributed by atoms with Crippen LogP contribution in [-0.2, 0) is 4.74 Å². The minimum absolute atomic E-state index is 0.326. The van der Waals surface area contributed by atoms with Crippen molar-refractivity contribution in [3.63, 3.8) is 0 Å². The molecule has 2 heterocycles. The number of aromatic nitrogens is 1. The number of hydrogen-bond donors (Lipinski definition) is 1. The monoisotopic (exact) mass is 378 g/mol. The van der Waals surface area contributed by atoms with Gasteiger partial charge in [0.05, 0.1) is 18.1 Å². The second-order valence-corrected chi connectivity index (χ2v) is 6.63. The number of nitrogens with one attached hydrogen (secondary N) is 1. The molecule has 1 amide bonds. The number of nitrogens with zero attached hydrogens (tertiary/aromatic N) is 1. The highest BCUT2D eigenvalue weighted by Gasteiger charge is 2.18. The van der Waals surface area contributed by atoms with Crippen LogP contribution in [0.25, 0.3) is 22.2 Å². The molecule has 0 aliphatic carbocycles. The first-order valence-electron chi connectivity index (χ1n) is 8.09. The Morgan fingerprint density at radius 1 is 1.11 bits per heavy atom. The fourth-order valence-electron chi connectivity index (χ4n) is 2.73. The summed E-state index contributed by atoms with van der Waals surface area (Å²) in [6.07, 6.45) is 0. The maximum absolute atomic E-state index is 12.7. The second kappa shape index (κ2) is 7.05. The van der Waals surface area contributed by atoms with Crippen molar-refractivity contribution in [3.05, 3.63) is 71.1 Å².